The molecule has 72 heavy (non-hydrogen) atoms. The normalized spacial score (nSPS) is 15.1. The summed E-state index contributed by atoms with van der Waals surface area (Å²) in [6.45, 7) is 0. The molecule has 0 nitrogen and oxygen atoms in total. The van der Waals surface area contributed by atoms with Gasteiger partial charge in [0.25, 0.3) is 0 Å². The molecule has 0 saturated carbocycles. The van der Waals surface area contributed by atoms with Gasteiger partial charge in [0, 0.05) is 0 Å². The van der Waals surface area contributed by atoms with Crippen LogP contribution in [0.25, 0.3) is 0 Å². The Morgan fingerprint density at radius 1 is 0.264 bits per heavy atom. The molecule has 4 aromatic rings. The number of benzene rings is 4. The predicted octanol–water partition coefficient (Wildman–Crippen LogP) is 14.5. The van der Waals surface area contributed by atoms with Crippen molar-refractivity contribution in [1.29, 1.82) is 0 Å². The Kier molecular flexibility index (Phi) is 16.3. The van der Waals surface area contributed by atoms with Crippen LogP contribution in [0.5, 0.6) is 0 Å². The van der Waals surface area contributed by atoms with Crippen LogP contribution in [0.4, 0.5) is 123 Å². The lowest BCUT2D eigenvalue weighted by molar-refractivity contribution is -0.430. The summed E-state index contributed by atoms with van der Waals surface area (Å²) in [5.41, 5.74) is 0. The lowest BCUT2D eigenvalue weighted by atomic mass is 9.92. The maximum atomic E-state index is 16.5. The van der Waals surface area contributed by atoms with E-state index in [1.54, 1.807) is 0 Å². The van der Waals surface area contributed by atoms with Gasteiger partial charge in [-0.25, -0.2) is 17.6 Å². The van der Waals surface area contributed by atoms with Crippen LogP contribution in [0.15, 0.2) is 121 Å². The third-order valence-corrected chi connectivity index (χ3v) is 20.8. The van der Waals surface area contributed by atoms with Crippen LogP contribution in [0.3, 0.4) is 0 Å². The summed E-state index contributed by atoms with van der Waals surface area (Å²) in [5.74, 6) is -96.0. The van der Waals surface area contributed by atoms with Crippen LogP contribution in [0.1, 0.15) is 0 Å². The topological polar surface area (TPSA) is 0 Å². The molecule has 0 fully saturated rings. The van der Waals surface area contributed by atoms with Crippen molar-refractivity contribution in [2.75, 3.05) is 24.6 Å². The predicted molar refractivity (Wildman–Crippen MR) is 209 cm³/mol. The number of halogens is 28. The molecule has 0 radical (unpaired) electrons. The third-order valence-electron chi connectivity index (χ3n) is 11.5. The first-order valence-corrected chi connectivity index (χ1v) is 23.8. The van der Waals surface area contributed by atoms with Gasteiger partial charge in [-0.1, -0.05) is 72.8 Å². The van der Waals surface area contributed by atoms with Gasteiger partial charge in [0.15, 0.2) is 0 Å². The Morgan fingerprint density at radius 2 is 0.444 bits per heavy atom. The number of hydrogen-bond donors (Lipinski definition) is 0. The second-order valence-corrected chi connectivity index (χ2v) is 23.4. The molecule has 402 valence electrons. The van der Waals surface area contributed by atoms with Crippen molar-refractivity contribution >= 4 is 35.7 Å². The highest BCUT2D eigenvalue weighted by Crippen LogP contribution is 2.71. The zero-order valence-corrected chi connectivity index (χ0v) is 36.8. The van der Waals surface area contributed by atoms with Crippen molar-refractivity contribution in [2.45, 2.75) is 83.9 Å². The van der Waals surface area contributed by atoms with E-state index in [0.29, 0.717) is 48.5 Å². The Morgan fingerprint density at radius 3 is 0.625 bits per heavy atom. The van der Waals surface area contributed by atoms with E-state index in [9.17, 15) is 70.2 Å². The van der Waals surface area contributed by atoms with Gasteiger partial charge in [-0.15, -0.1) is 0 Å². The number of rotatable bonds is 23. The van der Waals surface area contributed by atoms with Gasteiger partial charge < -0.3 is 0 Å². The quantitative estimate of drug-likeness (QED) is 0.0513. The van der Waals surface area contributed by atoms with Gasteiger partial charge in [-0.3, -0.25) is 0 Å². The van der Waals surface area contributed by atoms with Gasteiger partial charge in [-0.05, 0) is 48.5 Å². The van der Waals surface area contributed by atoms with Crippen LogP contribution >= 0.6 is 14.5 Å². The molecule has 0 amide bonds. The fourth-order valence-electron chi connectivity index (χ4n) is 7.35. The first-order valence-electron chi connectivity index (χ1n) is 19.5. The second kappa shape index (κ2) is 19.5. The van der Waals surface area contributed by atoms with Crippen molar-refractivity contribution in [2.24, 2.45) is 0 Å². The zero-order chi connectivity index (χ0) is 55.4. The van der Waals surface area contributed by atoms with Gasteiger partial charge in [0.1, 0.15) is 24.6 Å². The van der Waals surface area contributed by atoms with Crippen molar-refractivity contribution in [3.8, 4) is 0 Å². The molecule has 0 bridgehead atoms. The third kappa shape index (κ3) is 9.25. The van der Waals surface area contributed by atoms with Crippen LogP contribution in [-0.4, -0.2) is 109 Å². The van der Waals surface area contributed by atoms with E-state index in [1.807, 2.05) is 0 Å². The largest absolute Gasteiger partial charge is 0.384 e. The molecular weight excluding hydrogens is 1100 g/mol. The summed E-state index contributed by atoms with van der Waals surface area (Å²) < 4.78 is 411. The monoisotopic (exact) mass is 1130 g/mol. The lowest BCUT2D eigenvalue weighted by Crippen LogP contribution is -2.72. The maximum absolute atomic E-state index is 16.5. The minimum Gasteiger partial charge on any atom is -0.203 e. The van der Waals surface area contributed by atoms with Gasteiger partial charge >= 0.3 is 83.9 Å². The molecule has 0 N–H and O–H groups in total. The highest BCUT2D eigenvalue weighted by Gasteiger charge is 2.93. The molecule has 0 spiro atoms. The average molecular weight is 1130 g/mol. The molecule has 0 aliphatic heterocycles. The van der Waals surface area contributed by atoms with E-state index in [-0.39, 0.29) is 0 Å². The van der Waals surface area contributed by atoms with Crippen LogP contribution in [0.2, 0.25) is 0 Å². The molecule has 0 aliphatic rings. The van der Waals surface area contributed by atoms with Crippen LogP contribution in [0, 0.1) is 0 Å². The van der Waals surface area contributed by atoms with Gasteiger partial charge in [-0.2, -0.15) is 105 Å². The summed E-state index contributed by atoms with van der Waals surface area (Å²) in [6.07, 6.45) is -21.7. The lowest BCUT2D eigenvalue weighted by Gasteiger charge is -2.43. The van der Waals surface area contributed by atoms with Gasteiger partial charge in [0.05, 0.1) is 35.7 Å². The molecule has 30 heteroatoms. The Hall–Kier alpha value is -4.22. The summed E-state index contributed by atoms with van der Waals surface area (Å²) in [4.78, 5) is 0. The average Bonchev–Trinajstić information content (AvgIpc) is 3.30. The SMILES string of the molecule is FC(F)C(F)(F)C(F)(F)C(F)(F)C(F)(F)C(F)(F)C(F)(F)C[P+](CC[P+](CC(F)(F)C(F)(F)C(F)(F)C(F)(F)C(F)(F)C(F)(F)C(F)F)(c1ccccc1)c1ccccc1)(c1ccccc1)c1ccccc1. The van der Waals surface area contributed by atoms with E-state index < -0.39 is 144 Å². The minimum absolute atomic E-state index is 0.672. The van der Waals surface area contributed by atoms with Crippen molar-refractivity contribution in [1.82, 2.24) is 0 Å². The number of alkyl halides is 28. The Balaban J connectivity index is 2.09. The molecule has 0 atom stereocenters. The fourth-order valence-corrected chi connectivity index (χ4v) is 17.5. The molecule has 0 aliphatic carbocycles. The van der Waals surface area contributed by atoms with Crippen molar-refractivity contribution < 1.29 is 123 Å². The Labute approximate surface area is 388 Å². The van der Waals surface area contributed by atoms with Crippen LogP contribution in [-0.2, 0) is 0 Å². The molecule has 0 saturated heterocycles. The van der Waals surface area contributed by atoms with E-state index in [4.69, 9.17) is 0 Å². The summed E-state index contributed by atoms with van der Waals surface area (Å²) in [7, 11) is -10.7. The van der Waals surface area contributed by atoms with Crippen LogP contribution < -0.4 is 21.2 Å². The first-order chi connectivity index (χ1) is 32.4. The Bertz CT molecular complexity index is 2160. The maximum Gasteiger partial charge on any atom is 0.384 e. The highest BCUT2D eigenvalue weighted by molar-refractivity contribution is 7.93. The van der Waals surface area contributed by atoms with Gasteiger partial charge in [0.2, 0.25) is 0 Å². The summed E-state index contributed by atoms with van der Waals surface area (Å²) >= 11 is 0. The van der Waals surface area contributed by atoms with E-state index in [0.717, 1.165) is 72.8 Å². The van der Waals surface area contributed by atoms with Crippen molar-refractivity contribution in [3.63, 3.8) is 0 Å². The summed E-state index contributed by atoms with van der Waals surface area (Å²) in [5, 5.41) is -3.33. The standard InChI is InChI=1S/C42H30F28P2/c43-29(44)33(51,52)37(59,60)41(67,68)39(63,64)35(55,56)31(47,48)23-71(25-13-5-1-6-14-25,26-15-7-2-8-16-26)21-22-72(27-17-9-3-10-18-27,28-19-11-4-12-20-28)24-32(49,50)36(57,58)40(65,66)42(69,70)38(61,62)34(53,54)30(45)46/h1-20,29-30H,21-24H2/q+2. The minimum atomic E-state index is -8.52. The molecule has 0 heterocycles. The highest BCUT2D eigenvalue weighted by atomic mass is 31.2. The number of hydrogen-bond acceptors (Lipinski definition) is 0. The summed E-state index contributed by atoms with van der Waals surface area (Å²) in [6, 6.07) is 16.2. The zero-order valence-electron chi connectivity index (χ0n) is 35.0. The molecular formula is C42H30F28P2+2. The molecule has 4 rings (SSSR count). The fraction of sp³-hybridized carbons (Fsp3) is 0.429. The molecule has 0 aromatic heterocycles. The van der Waals surface area contributed by atoms with E-state index in [1.165, 1.54) is 0 Å². The molecule has 0 unspecified atom stereocenters. The second-order valence-electron chi connectivity index (χ2n) is 15.9. The molecule has 4 aromatic carbocycles. The first kappa shape index (κ1) is 60.3. The smallest absolute Gasteiger partial charge is 0.203 e. The van der Waals surface area contributed by atoms with E-state index >= 15 is 52.7 Å². The van der Waals surface area contributed by atoms with Crippen molar-refractivity contribution in [3.05, 3.63) is 121 Å². The van der Waals surface area contributed by atoms with E-state index in [2.05, 4.69) is 0 Å².